The van der Waals surface area contributed by atoms with Crippen LogP contribution < -0.4 is 0 Å². The van der Waals surface area contributed by atoms with Gasteiger partial charge in [-0.2, -0.15) is 13.9 Å². The number of nitrogens with zero attached hydrogens (tertiary/aromatic N) is 3. The number of fused-ring (bicyclic) bond motifs is 1. The zero-order chi connectivity index (χ0) is 20.2. The summed E-state index contributed by atoms with van der Waals surface area (Å²) in [6.45, 7) is 0.556. The van der Waals surface area contributed by atoms with Crippen LogP contribution in [-0.2, 0) is 20.0 Å². The summed E-state index contributed by atoms with van der Waals surface area (Å²) in [5.74, 6) is -0.00783. The van der Waals surface area contributed by atoms with Crippen LogP contribution in [0.4, 0.5) is 0 Å². The lowest BCUT2D eigenvalue weighted by atomic mass is 10.1. The quantitative estimate of drug-likeness (QED) is 0.638. The van der Waals surface area contributed by atoms with E-state index in [1.807, 2.05) is 30.3 Å². The number of rotatable bonds is 7. The van der Waals surface area contributed by atoms with Gasteiger partial charge in [0.25, 0.3) is 0 Å². The van der Waals surface area contributed by atoms with Gasteiger partial charge in [-0.05, 0) is 35.7 Å². The number of hydrogen-bond donors (Lipinski definition) is 0. The molecule has 9 heteroatoms. The minimum Gasteiger partial charge on any atom is -0.212 e. The topological polar surface area (TPSA) is 98.5 Å². The first-order valence-corrected chi connectivity index (χ1v) is 12.2. The van der Waals surface area contributed by atoms with Crippen molar-refractivity contribution in [2.75, 3.05) is 31.9 Å². The lowest BCUT2D eigenvalue weighted by Crippen LogP contribution is -2.50. The van der Waals surface area contributed by atoms with Gasteiger partial charge in [0.1, 0.15) is 0 Å². The standard InChI is InChI=1S/C19H23N3O4S2/c20-10-4-1-5-15-27(23,24)21-11-13-22(14-12-21)28(25,26)19-9-8-17-6-2-3-7-18(17)16-19/h2-3,6-9,16H,1,4-5,11-15H2. The van der Waals surface area contributed by atoms with E-state index in [4.69, 9.17) is 5.26 Å². The Bertz CT molecular complexity index is 1080. The summed E-state index contributed by atoms with van der Waals surface area (Å²) in [5.41, 5.74) is 0. The van der Waals surface area contributed by atoms with Crippen LogP contribution in [0.5, 0.6) is 0 Å². The number of nitriles is 1. The van der Waals surface area contributed by atoms with Crippen LogP contribution >= 0.6 is 0 Å². The fourth-order valence-corrected chi connectivity index (χ4v) is 6.29. The van der Waals surface area contributed by atoms with E-state index in [0.717, 1.165) is 10.8 Å². The van der Waals surface area contributed by atoms with Crippen molar-refractivity contribution in [3.05, 3.63) is 42.5 Å². The molecular formula is C19H23N3O4S2. The third kappa shape index (κ3) is 4.52. The van der Waals surface area contributed by atoms with Gasteiger partial charge in [0, 0.05) is 32.6 Å². The largest absolute Gasteiger partial charge is 0.243 e. The molecule has 0 spiro atoms. The Hall–Kier alpha value is -1.99. The van der Waals surface area contributed by atoms with E-state index in [1.54, 1.807) is 18.2 Å². The molecule has 0 N–H and O–H groups in total. The van der Waals surface area contributed by atoms with E-state index >= 15 is 0 Å². The fourth-order valence-electron chi connectivity index (χ4n) is 3.28. The van der Waals surface area contributed by atoms with E-state index in [1.165, 1.54) is 8.61 Å². The van der Waals surface area contributed by atoms with Crippen molar-refractivity contribution >= 4 is 30.8 Å². The second kappa shape index (κ2) is 8.57. The molecule has 0 unspecified atom stereocenters. The van der Waals surface area contributed by atoms with Gasteiger partial charge in [0.2, 0.25) is 20.0 Å². The molecule has 150 valence electrons. The van der Waals surface area contributed by atoms with Crippen LogP contribution in [0.1, 0.15) is 19.3 Å². The molecule has 1 heterocycles. The average Bonchev–Trinajstić information content (AvgIpc) is 2.71. The highest BCUT2D eigenvalue weighted by Gasteiger charge is 2.32. The summed E-state index contributed by atoms with van der Waals surface area (Å²) in [5, 5.41) is 10.3. The number of piperazine rings is 1. The van der Waals surface area contributed by atoms with Gasteiger partial charge in [0.15, 0.2) is 0 Å². The van der Waals surface area contributed by atoms with Gasteiger partial charge >= 0.3 is 0 Å². The van der Waals surface area contributed by atoms with Crippen LogP contribution in [0.25, 0.3) is 10.8 Å². The van der Waals surface area contributed by atoms with Crippen molar-refractivity contribution in [1.82, 2.24) is 8.61 Å². The second-order valence-corrected chi connectivity index (χ2v) is 10.8. The molecule has 1 aliphatic heterocycles. The smallest absolute Gasteiger partial charge is 0.212 e. The maximum Gasteiger partial charge on any atom is 0.243 e. The first-order chi connectivity index (χ1) is 13.3. The van der Waals surface area contributed by atoms with Gasteiger partial charge in [-0.1, -0.05) is 30.3 Å². The van der Waals surface area contributed by atoms with Crippen LogP contribution in [0.15, 0.2) is 47.4 Å². The van der Waals surface area contributed by atoms with Gasteiger partial charge in [-0.3, -0.25) is 0 Å². The normalized spacial score (nSPS) is 16.8. The van der Waals surface area contributed by atoms with Crippen LogP contribution in [0.3, 0.4) is 0 Å². The molecule has 2 aromatic carbocycles. The number of hydrogen-bond acceptors (Lipinski definition) is 5. The van der Waals surface area contributed by atoms with Crippen molar-refractivity contribution < 1.29 is 16.8 Å². The molecule has 0 aliphatic carbocycles. The van der Waals surface area contributed by atoms with Crippen molar-refractivity contribution in [1.29, 1.82) is 5.26 Å². The van der Waals surface area contributed by atoms with Crippen LogP contribution in [0, 0.1) is 11.3 Å². The molecule has 0 saturated carbocycles. The summed E-state index contributed by atoms with van der Waals surface area (Å²) in [6.07, 6.45) is 1.32. The molecule has 7 nitrogen and oxygen atoms in total. The highest BCUT2D eigenvalue weighted by Crippen LogP contribution is 2.23. The number of sulfonamides is 2. The van der Waals surface area contributed by atoms with Gasteiger partial charge in [-0.15, -0.1) is 0 Å². The molecule has 1 fully saturated rings. The molecular weight excluding hydrogens is 398 g/mol. The average molecular weight is 422 g/mol. The zero-order valence-corrected chi connectivity index (χ0v) is 17.1. The van der Waals surface area contributed by atoms with Gasteiger partial charge in [-0.25, -0.2) is 16.8 Å². The highest BCUT2D eigenvalue weighted by atomic mass is 32.2. The lowest BCUT2D eigenvalue weighted by molar-refractivity contribution is 0.272. The Kier molecular flexibility index (Phi) is 6.35. The molecule has 28 heavy (non-hydrogen) atoms. The Labute approximate surface area is 166 Å². The summed E-state index contributed by atoms with van der Waals surface area (Å²) < 4.78 is 53.4. The fraction of sp³-hybridized carbons (Fsp3) is 0.421. The maximum atomic E-state index is 13.0. The molecule has 0 aromatic heterocycles. The molecule has 0 radical (unpaired) electrons. The van der Waals surface area contributed by atoms with E-state index < -0.39 is 20.0 Å². The Balaban J connectivity index is 1.67. The van der Waals surface area contributed by atoms with E-state index in [0.29, 0.717) is 19.3 Å². The van der Waals surface area contributed by atoms with Crippen molar-refractivity contribution in [2.24, 2.45) is 0 Å². The number of benzene rings is 2. The minimum absolute atomic E-state index is 0.00783. The summed E-state index contributed by atoms with van der Waals surface area (Å²) in [6, 6.07) is 14.6. The maximum absolute atomic E-state index is 13.0. The van der Waals surface area contributed by atoms with Crippen LogP contribution in [0.2, 0.25) is 0 Å². The molecule has 2 aromatic rings. The Morgan fingerprint density at radius 3 is 2.18 bits per heavy atom. The Morgan fingerprint density at radius 1 is 0.857 bits per heavy atom. The highest BCUT2D eigenvalue weighted by molar-refractivity contribution is 7.89. The van der Waals surface area contributed by atoms with Gasteiger partial charge < -0.3 is 0 Å². The zero-order valence-electron chi connectivity index (χ0n) is 15.5. The lowest BCUT2D eigenvalue weighted by Gasteiger charge is -2.33. The van der Waals surface area contributed by atoms with E-state index in [-0.39, 0.29) is 36.8 Å². The molecule has 1 saturated heterocycles. The third-order valence-corrected chi connectivity index (χ3v) is 8.74. The Morgan fingerprint density at radius 2 is 1.50 bits per heavy atom. The summed E-state index contributed by atoms with van der Waals surface area (Å²) in [7, 11) is -7.09. The van der Waals surface area contributed by atoms with Crippen molar-refractivity contribution in [2.45, 2.75) is 24.2 Å². The molecule has 1 aliphatic rings. The minimum atomic E-state index is -3.67. The predicted molar refractivity (Wildman–Crippen MR) is 108 cm³/mol. The molecule has 0 atom stereocenters. The third-order valence-electron chi connectivity index (χ3n) is 4.89. The first kappa shape index (κ1) is 20.7. The molecule has 0 amide bonds. The number of unbranched alkanes of at least 4 members (excludes halogenated alkanes) is 2. The second-order valence-electron chi connectivity index (χ2n) is 6.74. The van der Waals surface area contributed by atoms with E-state index in [9.17, 15) is 16.8 Å². The predicted octanol–water partition coefficient (Wildman–Crippen LogP) is 2.17. The SMILES string of the molecule is N#CCCCCS(=O)(=O)N1CCN(S(=O)(=O)c2ccc3ccccc3c2)CC1. The first-order valence-electron chi connectivity index (χ1n) is 9.18. The van der Waals surface area contributed by atoms with Crippen molar-refractivity contribution in [3.8, 4) is 6.07 Å². The monoisotopic (exact) mass is 421 g/mol. The molecule has 3 rings (SSSR count). The van der Waals surface area contributed by atoms with E-state index in [2.05, 4.69) is 0 Å². The summed E-state index contributed by atoms with van der Waals surface area (Å²) in [4.78, 5) is 0.221. The molecule has 0 bridgehead atoms. The summed E-state index contributed by atoms with van der Waals surface area (Å²) >= 11 is 0. The van der Waals surface area contributed by atoms with Crippen LogP contribution in [-0.4, -0.2) is 57.4 Å². The van der Waals surface area contributed by atoms with Gasteiger partial charge in [0.05, 0.1) is 16.7 Å². The van der Waals surface area contributed by atoms with Crippen molar-refractivity contribution in [3.63, 3.8) is 0 Å².